The number of carbonyl (C=O) groups is 4. The van der Waals surface area contributed by atoms with Crippen LogP contribution in [0.3, 0.4) is 0 Å². The second-order valence-corrected chi connectivity index (χ2v) is 13.5. The Morgan fingerprint density at radius 1 is 1.07 bits per heavy atom. The molecule has 42 heavy (non-hydrogen) atoms. The lowest BCUT2D eigenvalue weighted by molar-refractivity contribution is -0.150. The summed E-state index contributed by atoms with van der Waals surface area (Å²) in [5.74, 6) is -0.899. The van der Waals surface area contributed by atoms with Gasteiger partial charge in [0.1, 0.15) is 30.0 Å². The topological polar surface area (TPSA) is 117 Å². The quantitative estimate of drug-likeness (QED) is 0.545. The normalized spacial score (nSPS) is 27.5. The van der Waals surface area contributed by atoms with E-state index in [0.717, 1.165) is 50.5 Å². The predicted molar refractivity (Wildman–Crippen MR) is 156 cm³/mol. The molecule has 2 heterocycles. The number of aryl methyl sites for hydroxylation is 1. The Morgan fingerprint density at radius 2 is 1.79 bits per heavy atom. The summed E-state index contributed by atoms with van der Waals surface area (Å²) in [6.45, 7) is 7.17. The molecule has 2 unspecified atom stereocenters. The highest BCUT2D eigenvalue weighted by atomic mass is 16.6. The molecule has 5 atom stereocenters. The van der Waals surface area contributed by atoms with E-state index in [-0.39, 0.29) is 36.3 Å². The number of fused-ring (bicyclic) bond motifs is 2. The molecule has 10 nitrogen and oxygen atoms in total. The van der Waals surface area contributed by atoms with Crippen molar-refractivity contribution < 1.29 is 28.7 Å². The summed E-state index contributed by atoms with van der Waals surface area (Å²) < 4.78 is 11.6. The third-order valence-electron chi connectivity index (χ3n) is 9.51. The predicted octanol–water partition coefficient (Wildman–Crippen LogP) is 3.83. The van der Waals surface area contributed by atoms with Crippen molar-refractivity contribution in [3.8, 4) is 0 Å². The first-order valence-corrected chi connectivity index (χ1v) is 15.5. The second kappa shape index (κ2) is 11.9. The molecule has 2 aliphatic carbocycles. The van der Waals surface area contributed by atoms with Crippen molar-refractivity contribution in [2.45, 2.75) is 121 Å². The van der Waals surface area contributed by atoms with Crippen molar-refractivity contribution in [2.75, 3.05) is 13.7 Å². The number of rotatable bonds is 5. The molecule has 4 amide bonds. The van der Waals surface area contributed by atoms with Crippen LogP contribution in [0.2, 0.25) is 0 Å². The zero-order chi connectivity index (χ0) is 30.2. The summed E-state index contributed by atoms with van der Waals surface area (Å²) >= 11 is 0. The average molecular weight is 583 g/mol. The van der Waals surface area contributed by atoms with E-state index in [0.29, 0.717) is 6.42 Å². The van der Waals surface area contributed by atoms with Gasteiger partial charge in [-0.15, -0.1) is 0 Å². The Kier molecular flexibility index (Phi) is 8.56. The van der Waals surface area contributed by atoms with Crippen molar-refractivity contribution in [3.05, 3.63) is 35.4 Å². The number of likely N-dealkylation sites (N-methyl/N-ethyl adjacent to an activating group) is 1. The second-order valence-electron chi connectivity index (χ2n) is 13.5. The minimum Gasteiger partial charge on any atom is -0.444 e. The number of nitrogens with zero attached hydrogens (tertiary/aromatic N) is 2. The van der Waals surface area contributed by atoms with Gasteiger partial charge in [0.15, 0.2) is 0 Å². The van der Waals surface area contributed by atoms with Crippen molar-refractivity contribution in [3.63, 3.8) is 0 Å². The van der Waals surface area contributed by atoms with Crippen LogP contribution in [-0.4, -0.2) is 77.2 Å². The molecule has 5 rings (SSSR count). The molecular weight excluding hydrogens is 536 g/mol. The Morgan fingerprint density at radius 3 is 2.50 bits per heavy atom. The molecule has 0 aromatic heterocycles. The van der Waals surface area contributed by atoms with Crippen molar-refractivity contribution in [2.24, 2.45) is 5.41 Å². The molecule has 1 saturated carbocycles. The lowest BCUT2D eigenvalue weighted by atomic mass is 9.77. The molecule has 2 N–H and O–H groups in total. The molecule has 0 bridgehead atoms. The molecular formula is C32H46N4O6. The first-order chi connectivity index (χ1) is 19.9. The highest BCUT2D eigenvalue weighted by Crippen LogP contribution is 2.53. The Balaban J connectivity index is 1.34. The van der Waals surface area contributed by atoms with Gasteiger partial charge in [0, 0.05) is 25.3 Å². The fourth-order valence-corrected chi connectivity index (χ4v) is 7.26. The molecule has 10 heteroatoms. The van der Waals surface area contributed by atoms with E-state index >= 15 is 0 Å². The fourth-order valence-electron chi connectivity index (χ4n) is 7.26. The van der Waals surface area contributed by atoms with Gasteiger partial charge in [-0.3, -0.25) is 19.3 Å². The van der Waals surface area contributed by atoms with Crippen LogP contribution in [0.15, 0.2) is 24.3 Å². The maximum absolute atomic E-state index is 14.2. The molecule has 3 fully saturated rings. The van der Waals surface area contributed by atoms with Crippen LogP contribution in [0.4, 0.5) is 4.79 Å². The SMILES string of the molecule is C[C@@H](C(=O)N[C@H]1CCOC2CC3(CCCC3)C(C(=O)N[C@@H]3CCCc4ccccc43)N2C1=O)N(C)C(=O)OC(C)(C)C. The van der Waals surface area contributed by atoms with E-state index in [9.17, 15) is 19.2 Å². The smallest absolute Gasteiger partial charge is 0.410 e. The minimum atomic E-state index is -0.863. The van der Waals surface area contributed by atoms with Crippen LogP contribution < -0.4 is 10.6 Å². The molecule has 1 aromatic rings. The van der Waals surface area contributed by atoms with E-state index in [1.165, 1.54) is 17.5 Å². The standard InChI is InChI=1S/C32H46N4O6/c1-20(35(5)30(40)42-31(2,3)4)27(37)34-24-15-18-41-25-19-32(16-8-9-17-32)26(36(25)29(24)39)28(38)33-23-14-10-12-21-11-6-7-13-22(21)23/h6-7,11,13,20,23-26H,8-10,12,14-19H2,1-5H3,(H,33,38)(H,34,37)/t20-,23+,24-,25?,26?/m0/s1. The first-order valence-electron chi connectivity index (χ1n) is 15.5. The molecule has 2 saturated heterocycles. The number of amides is 4. The Labute approximate surface area is 248 Å². The van der Waals surface area contributed by atoms with Crippen molar-refractivity contribution >= 4 is 23.8 Å². The van der Waals surface area contributed by atoms with Gasteiger partial charge >= 0.3 is 6.09 Å². The molecule has 0 radical (unpaired) electrons. The van der Waals surface area contributed by atoms with Gasteiger partial charge in [0.05, 0.1) is 12.6 Å². The summed E-state index contributed by atoms with van der Waals surface area (Å²) in [5, 5.41) is 6.19. The van der Waals surface area contributed by atoms with Crippen molar-refractivity contribution in [1.82, 2.24) is 20.4 Å². The largest absolute Gasteiger partial charge is 0.444 e. The molecule has 230 valence electrons. The third kappa shape index (κ3) is 6.00. The fraction of sp³-hybridized carbons (Fsp3) is 0.688. The number of benzene rings is 1. The average Bonchev–Trinajstić information content (AvgIpc) is 3.50. The van der Waals surface area contributed by atoms with E-state index < -0.39 is 42.0 Å². The van der Waals surface area contributed by atoms with Crippen LogP contribution in [0.25, 0.3) is 0 Å². The number of carbonyl (C=O) groups excluding carboxylic acids is 4. The van der Waals surface area contributed by atoms with Crippen LogP contribution in [-0.2, 0) is 30.3 Å². The van der Waals surface area contributed by atoms with Crippen LogP contribution in [0.5, 0.6) is 0 Å². The van der Waals surface area contributed by atoms with E-state index in [1.54, 1.807) is 32.6 Å². The van der Waals surface area contributed by atoms with Gasteiger partial charge in [0.25, 0.3) is 0 Å². The van der Waals surface area contributed by atoms with Gasteiger partial charge < -0.3 is 25.0 Å². The molecule has 1 aromatic carbocycles. The summed E-state index contributed by atoms with van der Waals surface area (Å²) in [6, 6.07) is 5.77. The minimum absolute atomic E-state index is 0.0947. The monoisotopic (exact) mass is 582 g/mol. The highest BCUT2D eigenvalue weighted by Gasteiger charge is 2.59. The number of nitrogens with one attached hydrogen (secondary N) is 2. The number of ether oxygens (including phenoxy) is 2. The first kappa shape index (κ1) is 30.3. The Bertz CT molecular complexity index is 1210. The maximum atomic E-state index is 14.2. The van der Waals surface area contributed by atoms with Crippen LogP contribution >= 0.6 is 0 Å². The number of hydrogen-bond donors (Lipinski definition) is 2. The van der Waals surface area contributed by atoms with Gasteiger partial charge in [0.2, 0.25) is 17.7 Å². The highest BCUT2D eigenvalue weighted by molar-refractivity contribution is 5.95. The van der Waals surface area contributed by atoms with Gasteiger partial charge in [-0.05, 0) is 70.9 Å². The number of hydrogen-bond acceptors (Lipinski definition) is 6. The molecule has 1 spiro atoms. The van der Waals surface area contributed by atoms with Gasteiger partial charge in [-0.1, -0.05) is 37.1 Å². The van der Waals surface area contributed by atoms with E-state index in [4.69, 9.17) is 9.47 Å². The summed E-state index contributed by atoms with van der Waals surface area (Å²) in [5.41, 5.74) is 1.37. The zero-order valence-electron chi connectivity index (χ0n) is 25.6. The summed E-state index contributed by atoms with van der Waals surface area (Å²) in [4.78, 5) is 57.1. The third-order valence-corrected chi connectivity index (χ3v) is 9.51. The van der Waals surface area contributed by atoms with Gasteiger partial charge in [-0.2, -0.15) is 0 Å². The maximum Gasteiger partial charge on any atom is 0.410 e. The molecule has 4 aliphatic rings. The zero-order valence-corrected chi connectivity index (χ0v) is 25.6. The van der Waals surface area contributed by atoms with Gasteiger partial charge in [-0.25, -0.2) is 4.79 Å². The van der Waals surface area contributed by atoms with E-state index in [1.807, 2.05) is 12.1 Å². The lowest BCUT2D eigenvalue weighted by Crippen LogP contribution is -2.59. The summed E-state index contributed by atoms with van der Waals surface area (Å²) in [7, 11) is 1.50. The lowest BCUT2D eigenvalue weighted by Gasteiger charge is -2.37. The van der Waals surface area contributed by atoms with Crippen LogP contribution in [0, 0.1) is 5.41 Å². The van der Waals surface area contributed by atoms with Crippen LogP contribution in [0.1, 0.15) is 96.2 Å². The Hall–Kier alpha value is -3.14. The molecule has 2 aliphatic heterocycles. The van der Waals surface area contributed by atoms with E-state index in [2.05, 4.69) is 22.8 Å². The van der Waals surface area contributed by atoms with Crippen molar-refractivity contribution in [1.29, 1.82) is 0 Å². The summed E-state index contributed by atoms with van der Waals surface area (Å²) in [6.07, 6.45) is 6.40.